The minimum Gasteiger partial charge on any atom is -0.495 e. The molecule has 122 valence electrons. The molecule has 1 aromatic carbocycles. The lowest BCUT2D eigenvalue weighted by molar-refractivity contribution is -0.127. The van der Waals surface area contributed by atoms with Crippen LogP contribution < -0.4 is 4.74 Å². The molecule has 22 heavy (non-hydrogen) atoms. The fourth-order valence-corrected chi connectivity index (χ4v) is 2.59. The van der Waals surface area contributed by atoms with E-state index in [2.05, 4.69) is 0 Å². The molecule has 0 saturated carbocycles. The second-order valence-electron chi connectivity index (χ2n) is 6.38. The van der Waals surface area contributed by atoms with Gasteiger partial charge in [-0.05, 0) is 38.5 Å². The van der Waals surface area contributed by atoms with E-state index in [4.69, 9.17) is 25.8 Å². The number of hydrogen-bond donors (Lipinski definition) is 0. The minimum absolute atomic E-state index is 0.332. The predicted molar refractivity (Wildman–Crippen MR) is 84.5 cm³/mol. The first kappa shape index (κ1) is 16.9. The van der Waals surface area contributed by atoms with Crippen LogP contribution in [0.4, 0.5) is 4.79 Å². The topological polar surface area (TPSA) is 48.0 Å². The normalized spacial score (nSPS) is 16.9. The molecule has 1 aliphatic heterocycles. The Morgan fingerprint density at radius 1 is 1.27 bits per heavy atom. The minimum atomic E-state index is -0.547. The van der Waals surface area contributed by atoms with Crippen LogP contribution in [-0.4, -0.2) is 43.9 Å². The van der Waals surface area contributed by atoms with E-state index >= 15 is 0 Å². The van der Waals surface area contributed by atoms with E-state index in [0.29, 0.717) is 23.9 Å². The zero-order valence-electron chi connectivity index (χ0n) is 13.6. The van der Waals surface area contributed by atoms with Gasteiger partial charge in [-0.1, -0.05) is 17.7 Å². The average Bonchev–Trinajstić information content (AvgIpc) is 2.37. The lowest BCUT2D eigenvalue weighted by Crippen LogP contribution is -2.62. The quantitative estimate of drug-likeness (QED) is 0.853. The Morgan fingerprint density at radius 2 is 1.91 bits per heavy atom. The highest BCUT2D eigenvalue weighted by molar-refractivity contribution is 6.32. The third kappa shape index (κ3) is 3.31. The molecule has 0 bridgehead atoms. The van der Waals surface area contributed by atoms with Gasteiger partial charge in [-0.15, -0.1) is 0 Å². The van der Waals surface area contributed by atoms with Crippen LogP contribution in [0.2, 0.25) is 5.02 Å². The maximum atomic E-state index is 12.1. The van der Waals surface area contributed by atoms with Gasteiger partial charge in [0.2, 0.25) is 0 Å². The fourth-order valence-electron chi connectivity index (χ4n) is 2.40. The molecule has 0 aromatic heterocycles. The van der Waals surface area contributed by atoms with E-state index in [0.717, 1.165) is 5.56 Å². The summed E-state index contributed by atoms with van der Waals surface area (Å²) in [6, 6.07) is 5.51. The van der Waals surface area contributed by atoms with Crippen molar-refractivity contribution in [3.05, 3.63) is 28.8 Å². The van der Waals surface area contributed by atoms with E-state index in [-0.39, 0.29) is 6.09 Å². The summed E-state index contributed by atoms with van der Waals surface area (Å²) in [6.07, 6.45) is -0.332. The zero-order valence-corrected chi connectivity index (χ0v) is 14.4. The van der Waals surface area contributed by atoms with Gasteiger partial charge in [-0.25, -0.2) is 4.79 Å². The van der Waals surface area contributed by atoms with Crippen molar-refractivity contribution in [1.82, 2.24) is 4.90 Å². The van der Waals surface area contributed by atoms with Crippen molar-refractivity contribution < 1.29 is 19.0 Å². The number of methoxy groups -OCH3 is 2. The highest BCUT2D eigenvalue weighted by atomic mass is 35.5. The summed E-state index contributed by atoms with van der Waals surface area (Å²) in [6.45, 7) is 6.40. The number of carbonyl (C=O) groups excluding carboxylic acids is 1. The zero-order chi connectivity index (χ0) is 16.5. The molecular formula is C16H22ClNO4. The lowest BCUT2D eigenvalue weighted by atomic mass is 9.86. The standard InChI is InChI=1S/C16H22ClNO4/c1-15(2,3)22-14(19)18-9-16(10-18,21-5)11-6-7-12(17)13(8-11)20-4/h6-8H,9-10H2,1-5H3. The Balaban J connectivity index is 2.13. The number of benzene rings is 1. The maximum Gasteiger partial charge on any atom is 0.410 e. The number of likely N-dealkylation sites (tertiary alicyclic amines) is 1. The van der Waals surface area contributed by atoms with Crippen molar-refractivity contribution in [2.75, 3.05) is 27.3 Å². The molecule has 0 atom stereocenters. The van der Waals surface area contributed by atoms with Crippen LogP contribution in [0.15, 0.2) is 18.2 Å². The SMILES string of the molecule is COc1cc(C2(OC)CN(C(=O)OC(C)(C)C)C2)ccc1Cl. The maximum absolute atomic E-state index is 12.1. The van der Waals surface area contributed by atoms with Crippen molar-refractivity contribution in [2.45, 2.75) is 32.0 Å². The van der Waals surface area contributed by atoms with Crippen molar-refractivity contribution in [3.63, 3.8) is 0 Å². The Bertz CT molecular complexity index is 562. The molecule has 2 rings (SSSR count). The molecule has 0 N–H and O–H groups in total. The number of ether oxygens (including phenoxy) is 3. The average molecular weight is 328 g/mol. The van der Waals surface area contributed by atoms with Gasteiger partial charge in [0.15, 0.2) is 0 Å². The summed E-state index contributed by atoms with van der Waals surface area (Å²) < 4.78 is 16.3. The molecule has 0 unspecified atom stereocenters. The van der Waals surface area contributed by atoms with Gasteiger partial charge in [0.05, 0.1) is 25.2 Å². The molecule has 1 saturated heterocycles. The van der Waals surface area contributed by atoms with Gasteiger partial charge in [0, 0.05) is 7.11 Å². The van der Waals surface area contributed by atoms with Crippen LogP contribution >= 0.6 is 11.6 Å². The lowest BCUT2D eigenvalue weighted by Gasteiger charge is -2.49. The Morgan fingerprint density at radius 3 is 2.41 bits per heavy atom. The summed E-state index contributed by atoms with van der Waals surface area (Å²) in [5, 5.41) is 0.542. The van der Waals surface area contributed by atoms with Crippen molar-refractivity contribution in [1.29, 1.82) is 0 Å². The summed E-state index contributed by atoms with van der Waals surface area (Å²) in [7, 11) is 3.20. The molecule has 1 amide bonds. The van der Waals surface area contributed by atoms with Crippen molar-refractivity contribution in [2.24, 2.45) is 0 Å². The highest BCUT2D eigenvalue weighted by Crippen LogP contribution is 2.39. The van der Waals surface area contributed by atoms with Crippen LogP contribution in [0.3, 0.4) is 0 Å². The predicted octanol–water partition coefficient (Wildman–Crippen LogP) is 3.44. The third-order valence-electron chi connectivity index (χ3n) is 3.61. The number of nitrogens with zero attached hydrogens (tertiary/aromatic N) is 1. The fraction of sp³-hybridized carbons (Fsp3) is 0.562. The molecule has 0 spiro atoms. The van der Waals surface area contributed by atoms with Crippen LogP contribution in [0.5, 0.6) is 5.75 Å². The Labute approximate surface area is 136 Å². The molecule has 1 aliphatic rings. The second kappa shape index (κ2) is 5.97. The molecule has 5 nitrogen and oxygen atoms in total. The van der Waals surface area contributed by atoms with Gasteiger partial charge in [-0.2, -0.15) is 0 Å². The molecule has 6 heteroatoms. The van der Waals surface area contributed by atoms with Crippen LogP contribution in [0.1, 0.15) is 26.3 Å². The number of amides is 1. The summed E-state index contributed by atoms with van der Waals surface area (Å²) in [4.78, 5) is 13.7. The molecular weight excluding hydrogens is 306 g/mol. The number of hydrogen-bond acceptors (Lipinski definition) is 4. The van der Waals surface area contributed by atoms with E-state index in [1.54, 1.807) is 25.2 Å². The van der Waals surface area contributed by atoms with Crippen LogP contribution in [-0.2, 0) is 15.1 Å². The Hall–Kier alpha value is -1.46. The van der Waals surface area contributed by atoms with Gasteiger partial charge < -0.3 is 19.1 Å². The first-order chi connectivity index (χ1) is 10.2. The van der Waals surface area contributed by atoms with E-state index in [1.807, 2.05) is 32.9 Å². The van der Waals surface area contributed by atoms with Gasteiger partial charge in [0.25, 0.3) is 0 Å². The van der Waals surface area contributed by atoms with Crippen molar-refractivity contribution >= 4 is 17.7 Å². The Kier molecular flexibility index (Phi) is 4.59. The molecule has 0 aliphatic carbocycles. The van der Waals surface area contributed by atoms with E-state index in [1.165, 1.54) is 0 Å². The largest absolute Gasteiger partial charge is 0.495 e. The summed E-state index contributed by atoms with van der Waals surface area (Å²) in [5.41, 5.74) is -0.128. The van der Waals surface area contributed by atoms with Crippen LogP contribution in [0, 0.1) is 0 Å². The number of halogens is 1. The monoisotopic (exact) mass is 327 g/mol. The van der Waals surface area contributed by atoms with Gasteiger partial charge >= 0.3 is 6.09 Å². The molecule has 1 fully saturated rings. The second-order valence-corrected chi connectivity index (χ2v) is 6.79. The van der Waals surface area contributed by atoms with Gasteiger partial charge in [0.1, 0.15) is 17.0 Å². The first-order valence-corrected chi connectivity index (χ1v) is 7.46. The summed E-state index contributed by atoms with van der Waals surface area (Å²) in [5.74, 6) is 0.589. The van der Waals surface area contributed by atoms with E-state index in [9.17, 15) is 4.79 Å². The number of rotatable bonds is 3. The highest BCUT2D eigenvalue weighted by Gasteiger charge is 2.48. The van der Waals surface area contributed by atoms with Gasteiger partial charge in [-0.3, -0.25) is 0 Å². The summed E-state index contributed by atoms with van der Waals surface area (Å²) >= 11 is 6.05. The smallest absolute Gasteiger partial charge is 0.410 e. The third-order valence-corrected chi connectivity index (χ3v) is 3.92. The first-order valence-electron chi connectivity index (χ1n) is 7.08. The molecule has 1 aromatic rings. The van der Waals surface area contributed by atoms with Crippen LogP contribution in [0.25, 0.3) is 0 Å². The van der Waals surface area contributed by atoms with E-state index < -0.39 is 11.2 Å². The molecule has 1 heterocycles. The number of carbonyl (C=O) groups is 1. The molecule has 0 radical (unpaired) electrons. The van der Waals surface area contributed by atoms with Crippen molar-refractivity contribution in [3.8, 4) is 5.75 Å².